The molecule has 2 saturated carbocycles. The van der Waals surface area contributed by atoms with Gasteiger partial charge < -0.3 is 10.2 Å². The lowest BCUT2D eigenvalue weighted by molar-refractivity contribution is 0.0739. The topological polar surface area (TPSA) is 45.2 Å². The number of anilines is 1. The van der Waals surface area contributed by atoms with Crippen molar-refractivity contribution in [2.75, 3.05) is 25.5 Å². The molecule has 19 heavy (non-hydrogen) atoms. The highest BCUT2D eigenvalue weighted by molar-refractivity contribution is 5.94. The molecular weight excluding hydrogens is 238 g/mol. The van der Waals surface area contributed by atoms with Gasteiger partial charge in [-0.1, -0.05) is 0 Å². The summed E-state index contributed by atoms with van der Waals surface area (Å²) in [6.07, 6.45) is 6.81. The average molecular weight is 259 g/mol. The Labute approximate surface area is 114 Å². The molecule has 0 aromatic carbocycles. The van der Waals surface area contributed by atoms with Gasteiger partial charge in [0.15, 0.2) is 0 Å². The van der Waals surface area contributed by atoms with Gasteiger partial charge in [0.2, 0.25) is 0 Å². The number of amides is 1. The highest BCUT2D eigenvalue weighted by Crippen LogP contribution is 2.34. The van der Waals surface area contributed by atoms with E-state index in [1.54, 1.807) is 6.20 Å². The quantitative estimate of drug-likeness (QED) is 0.853. The molecule has 0 saturated heterocycles. The predicted octanol–water partition coefficient (Wildman–Crippen LogP) is 2.39. The first-order valence-electron chi connectivity index (χ1n) is 7.19. The molecule has 2 fully saturated rings. The van der Waals surface area contributed by atoms with Crippen molar-refractivity contribution >= 4 is 11.7 Å². The zero-order valence-corrected chi connectivity index (χ0v) is 11.4. The fraction of sp³-hybridized carbons (Fsp3) is 0.600. The minimum Gasteiger partial charge on any atom is -0.373 e. The number of pyridine rings is 1. The Balaban J connectivity index is 1.69. The number of nitrogens with one attached hydrogen (secondary N) is 1. The Bertz CT molecular complexity index is 435. The van der Waals surface area contributed by atoms with Crippen molar-refractivity contribution in [1.82, 2.24) is 9.88 Å². The number of carbonyl (C=O) groups excluding carboxylic acids is 1. The van der Waals surface area contributed by atoms with Crippen molar-refractivity contribution in [3.05, 3.63) is 23.9 Å². The number of nitrogens with zero attached hydrogens (tertiary/aromatic N) is 2. The molecule has 1 aromatic rings. The molecule has 2 aliphatic rings. The van der Waals surface area contributed by atoms with Crippen molar-refractivity contribution in [1.29, 1.82) is 0 Å². The van der Waals surface area contributed by atoms with Gasteiger partial charge in [-0.2, -0.15) is 0 Å². The third-order valence-electron chi connectivity index (χ3n) is 3.90. The number of hydrogen-bond acceptors (Lipinski definition) is 3. The van der Waals surface area contributed by atoms with Crippen LogP contribution in [0, 0.1) is 11.8 Å². The molecule has 1 amide bonds. The summed E-state index contributed by atoms with van der Waals surface area (Å²) in [5.41, 5.74) is 0.709. The van der Waals surface area contributed by atoms with Crippen molar-refractivity contribution in [2.24, 2.45) is 11.8 Å². The second-order valence-electron chi connectivity index (χ2n) is 5.78. The van der Waals surface area contributed by atoms with Crippen LogP contribution in [0.4, 0.5) is 5.82 Å². The van der Waals surface area contributed by atoms with Gasteiger partial charge in [0.05, 0.1) is 5.56 Å². The van der Waals surface area contributed by atoms with E-state index in [9.17, 15) is 4.79 Å². The Kier molecular flexibility index (Phi) is 3.40. The molecule has 0 atom stereocenters. The smallest absolute Gasteiger partial charge is 0.255 e. The van der Waals surface area contributed by atoms with Gasteiger partial charge in [0, 0.05) is 26.3 Å². The van der Waals surface area contributed by atoms with Crippen LogP contribution < -0.4 is 5.32 Å². The van der Waals surface area contributed by atoms with Crippen LogP contribution in [0.3, 0.4) is 0 Å². The second kappa shape index (κ2) is 5.19. The van der Waals surface area contributed by atoms with Gasteiger partial charge in [-0.15, -0.1) is 0 Å². The third-order valence-corrected chi connectivity index (χ3v) is 3.90. The maximum Gasteiger partial charge on any atom is 0.255 e. The first-order chi connectivity index (χ1) is 9.26. The summed E-state index contributed by atoms with van der Waals surface area (Å²) in [4.78, 5) is 18.8. The van der Waals surface area contributed by atoms with E-state index in [1.165, 1.54) is 25.7 Å². The van der Waals surface area contributed by atoms with E-state index < -0.39 is 0 Å². The van der Waals surface area contributed by atoms with E-state index in [-0.39, 0.29) is 5.91 Å². The molecule has 102 valence electrons. The van der Waals surface area contributed by atoms with Gasteiger partial charge in [-0.05, 0) is 49.7 Å². The summed E-state index contributed by atoms with van der Waals surface area (Å²) >= 11 is 0. The van der Waals surface area contributed by atoms with Crippen molar-refractivity contribution in [3.8, 4) is 0 Å². The SMILES string of the molecule is CNc1ccc(C(=O)N(CC2CC2)CC2CC2)cn1. The first-order valence-corrected chi connectivity index (χ1v) is 7.19. The predicted molar refractivity (Wildman–Crippen MR) is 75.1 cm³/mol. The fourth-order valence-electron chi connectivity index (χ4n) is 2.32. The van der Waals surface area contributed by atoms with E-state index in [0.717, 1.165) is 30.7 Å². The number of aromatic nitrogens is 1. The molecule has 1 N–H and O–H groups in total. The van der Waals surface area contributed by atoms with Crippen LogP contribution in [0.5, 0.6) is 0 Å². The molecule has 3 rings (SSSR count). The van der Waals surface area contributed by atoms with Crippen LogP contribution in [0.15, 0.2) is 18.3 Å². The number of carbonyl (C=O) groups is 1. The minimum absolute atomic E-state index is 0.147. The molecule has 1 heterocycles. The van der Waals surface area contributed by atoms with E-state index in [0.29, 0.717) is 5.56 Å². The molecule has 0 spiro atoms. The molecule has 4 heteroatoms. The molecule has 0 bridgehead atoms. The molecule has 2 aliphatic carbocycles. The van der Waals surface area contributed by atoms with Crippen molar-refractivity contribution < 1.29 is 4.79 Å². The van der Waals surface area contributed by atoms with Crippen molar-refractivity contribution in [3.63, 3.8) is 0 Å². The Morgan fingerprint density at radius 2 is 1.89 bits per heavy atom. The molecule has 4 nitrogen and oxygen atoms in total. The van der Waals surface area contributed by atoms with Gasteiger partial charge in [-0.3, -0.25) is 4.79 Å². The molecule has 0 radical (unpaired) electrons. The Morgan fingerprint density at radius 1 is 1.26 bits per heavy atom. The summed E-state index contributed by atoms with van der Waals surface area (Å²) in [5.74, 6) is 2.43. The van der Waals surface area contributed by atoms with Crippen LogP contribution in [0.2, 0.25) is 0 Å². The lowest BCUT2D eigenvalue weighted by Gasteiger charge is -2.22. The first kappa shape index (κ1) is 12.5. The molecule has 0 aliphatic heterocycles. The lowest BCUT2D eigenvalue weighted by atomic mass is 10.2. The van der Waals surface area contributed by atoms with Crippen LogP contribution >= 0.6 is 0 Å². The van der Waals surface area contributed by atoms with E-state index >= 15 is 0 Å². The fourth-order valence-corrected chi connectivity index (χ4v) is 2.32. The molecule has 1 aromatic heterocycles. The summed E-state index contributed by atoms with van der Waals surface area (Å²) < 4.78 is 0. The normalized spacial score (nSPS) is 18.2. The van der Waals surface area contributed by atoms with Gasteiger partial charge in [0.25, 0.3) is 5.91 Å². The largest absolute Gasteiger partial charge is 0.373 e. The van der Waals surface area contributed by atoms with Gasteiger partial charge in [-0.25, -0.2) is 4.98 Å². The van der Waals surface area contributed by atoms with E-state index in [2.05, 4.69) is 10.3 Å². The van der Waals surface area contributed by atoms with Crippen LogP contribution in [0.1, 0.15) is 36.0 Å². The minimum atomic E-state index is 0.147. The Hall–Kier alpha value is -1.58. The van der Waals surface area contributed by atoms with Crippen LogP contribution in [0.25, 0.3) is 0 Å². The zero-order valence-electron chi connectivity index (χ0n) is 11.4. The number of hydrogen-bond donors (Lipinski definition) is 1. The maximum atomic E-state index is 12.5. The summed E-state index contributed by atoms with van der Waals surface area (Å²) in [5, 5.41) is 2.97. The zero-order chi connectivity index (χ0) is 13.2. The second-order valence-corrected chi connectivity index (χ2v) is 5.78. The summed E-state index contributed by atoms with van der Waals surface area (Å²) in [6, 6.07) is 3.73. The standard InChI is InChI=1S/C15H21N3O/c1-16-14-7-6-13(8-17-14)15(19)18(9-11-2-3-11)10-12-4-5-12/h6-8,11-12H,2-5,9-10H2,1H3,(H,16,17). The average Bonchev–Trinajstić information content (AvgIpc) is 3.32. The molecular formula is C15H21N3O. The summed E-state index contributed by atoms with van der Waals surface area (Å²) in [6.45, 7) is 1.87. The Morgan fingerprint density at radius 3 is 2.32 bits per heavy atom. The van der Waals surface area contributed by atoms with Crippen molar-refractivity contribution in [2.45, 2.75) is 25.7 Å². The highest BCUT2D eigenvalue weighted by atomic mass is 16.2. The van der Waals surface area contributed by atoms with E-state index in [4.69, 9.17) is 0 Å². The maximum absolute atomic E-state index is 12.5. The summed E-state index contributed by atoms with van der Waals surface area (Å²) in [7, 11) is 1.83. The van der Waals surface area contributed by atoms with Gasteiger partial charge in [0.1, 0.15) is 5.82 Å². The third kappa shape index (κ3) is 3.25. The van der Waals surface area contributed by atoms with Crippen LogP contribution in [-0.4, -0.2) is 35.9 Å². The number of rotatable bonds is 6. The molecule has 0 unspecified atom stereocenters. The monoisotopic (exact) mass is 259 g/mol. The van der Waals surface area contributed by atoms with E-state index in [1.807, 2.05) is 24.1 Å². The highest BCUT2D eigenvalue weighted by Gasteiger charge is 2.31. The van der Waals surface area contributed by atoms with Gasteiger partial charge >= 0.3 is 0 Å². The lowest BCUT2D eigenvalue weighted by Crippen LogP contribution is -2.34. The van der Waals surface area contributed by atoms with Crippen LogP contribution in [-0.2, 0) is 0 Å².